The van der Waals surface area contributed by atoms with Gasteiger partial charge in [0.05, 0.1) is 5.69 Å². The van der Waals surface area contributed by atoms with Crippen molar-refractivity contribution >= 4 is 17.3 Å². The third-order valence-electron chi connectivity index (χ3n) is 4.13. The monoisotopic (exact) mass is 338 g/mol. The molecule has 7 heteroatoms. The topological polar surface area (TPSA) is 66.4 Å². The van der Waals surface area contributed by atoms with E-state index in [1.54, 1.807) is 17.1 Å². The van der Waals surface area contributed by atoms with Gasteiger partial charge in [-0.15, -0.1) is 5.10 Å². The van der Waals surface area contributed by atoms with Crippen molar-refractivity contribution in [2.24, 2.45) is 5.10 Å². The van der Waals surface area contributed by atoms with Gasteiger partial charge in [0.2, 0.25) is 12.6 Å². The molecule has 0 spiro atoms. The first-order chi connectivity index (χ1) is 12.1. The summed E-state index contributed by atoms with van der Waals surface area (Å²) in [4.78, 5) is 11.9. The minimum absolute atomic E-state index is 0.111. The maximum Gasteiger partial charge on any atom is 0.231 e. The van der Waals surface area contributed by atoms with Crippen LogP contribution >= 0.6 is 0 Å². The van der Waals surface area contributed by atoms with Crippen LogP contribution in [0, 0.1) is 0 Å². The van der Waals surface area contributed by atoms with Crippen LogP contribution in [0.15, 0.2) is 53.6 Å². The Balaban J connectivity index is 1.78. The quantitative estimate of drug-likeness (QED) is 0.926. The number of ketones is 1. The van der Waals surface area contributed by atoms with Gasteiger partial charge >= 0.3 is 0 Å². The number of fused-ring (bicyclic) bond motifs is 1. The molecular weight excluding hydrogens is 320 g/mol. The molecule has 2 aromatic carbocycles. The molecule has 128 valence electrons. The number of nitrogens with one attached hydrogen (secondary N) is 1. The van der Waals surface area contributed by atoms with E-state index < -0.39 is 0 Å². The van der Waals surface area contributed by atoms with Crippen molar-refractivity contribution in [3.05, 3.63) is 54.1 Å². The molecule has 0 amide bonds. The maximum atomic E-state index is 11.9. The second-order valence-corrected chi connectivity index (χ2v) is 5.86. The molecule has 1 unspecified atom stereocenters. The number of hydrazine groups is 1. The van der Waals surface area contributed by atoms with Crippen LogP contribution in [0.3, 0.4) is 0 Å². The Morgan fingerprint density at radius 3 is 2.68 bits per heavy atom. The van der Waals surface area contributed by atoms with E-state index in [0.29, 0.717) is 11.6 Å². The van der Waals surface area contributed by atoms with Crippen molar-refractivity contribution in [2.45, 2.75) is 13.1 Å². The first-order valence-corrected chi connectivity index (χ1v) is 7.97. The lowest BCUT2D eigenvalue weighted by Gasteiger charge is -2.39. The molecule has 2 aliphatic rings. The molecule has 2 heterocycles. The fourth-order valence-corrected chi connectivity index (χ4v) is 2.92. The van der Waals surface area contributed by atoms with Crippen molar-refractivity contribution in [3.8, 4) is 11.5 Å². The first kappa shape index (κ1) is 15.5. The highest BCUT2D eigenvalue weighted by atomic mass is 16.7. The number of rotatable bonds is 3. The van der Waals surface area contributed by atoms with Crippen molar-refractivity contribution in [2.75, 3.05) is 18.8 Å². The van der Waals surface area contributed by atoms with E-state index in [1.807, 2.05) is 48.5 Å². The zero-order valence-corrected chi connectivity index (χ0v) is 14.0. The Hall–Kier alpha value is -3.06. The summed E-state index contributed by atoms with van der Waals surface area (Å²) in [6.45, 7) is 1.73. The molecule has 0 saturated carbocycles. The molecule has 0 fully saturated rings. The van der Waals surface area contributed by atoms with Gasteiger partial charge in [-0.1, -0.05) is 24.3 Å². The normalized spacial score (nSPS) is 19.0. The summed E-state index contributed by atoms with van der Waals surface area (Å²) >= 11 is 0. The van der Waals surface area contributed by atoms with Crippen LogP contribution in [0.2, 0.25) is 0 Å². The standard InChI is InChI=1S/C18H18N4O3/c1-12(23)17-20-22(14-6-4-3-5-7-14)18(19-21(17)2)13-8-9-15-16(10-13)25-11-24-15/h3-10,18-19H,11H2,1-2H3. The van der Waals surface area contributed by atoms with Gasteiger partial charge in [-0.25, -0.2) is 10.4 Å². The highest BCUT2D eigenvalue weighted by molar-refractivity contribution is 6.37. The number of benzene rings is 2. The smallest absolute Gasteiger partial charge is 0.231 e. The summed E-state index contributed by atoms with van der Waals surface area (Å²) in [5, 5.41) is 8.03. The number of hydrazone groups is 1. The van der Waals surface area contributed by atoms with E-state index in [1.165, 1.54) is 6.92 Å². The number of carbonyl (C=O) groups is 1. The molecule has 0 aromatic heterocycles. The van der Waals surface area contributed by atoms with Crippen molar-refractivity contribution < 1.29 is 14.3 Å². The van der Waals surface area contributed by atoms with Gasteiger partial charge in [0.25, 0.3) is 0 Å². The number of Topliss-reactive ketones (excluding diaryl/α,β-unsaturated/α-hetero) is 1. The minimum Gasteiger partial charge on any atom is -0.454 e. The lowest BCUT2D eigenvalue weighted by atomic mass is 10.1. The molecule has 4 rings (SSSR count). The fourth-order valence-electron chi connectivity index (χ4n) is 2.92. The molecular formula is C18H18N4O3. The summed E-state index contributed by atoms with van der Waals surface area (Å²) in [5.41, 5.74) is 5.14. The molecule has 25 heavy (non-hydrogen) atoms. The number of carbonyl (C=O) groups excluding carboxylic acids is 1. The van der Waals surface area contributed by atoms with Gasteiger partial charge in [0.15, 0.2) is 17.3 Å². The number of amidine groups is 1. The van der Waals surface area contributed by atoms with Crippen LogP contribution in [-0.2, 0) is 4.79 Å². The summed E-state index contributed by atoms with van der Waals surface area (Å²) < 4.78 is 10.9. The summed E-state index contributed by atoms with van der Waals surface area (Å²) in [7, 11) is 1.78. The molecule has 0 bridgehead atoms. The number of nitrogens with zero attached hydrogens (tertiary/aromatic N) is 3. The Morgan fingerprint density at radius 1 is 1.16 bits per heavy atom. The second-order valence-electron chi connectivity index (χ2n) is 5.86. The lowest BCUT2D eigenvalue weighted by molar-refractivity contribution is -0.112. The molecule has 1 N–H and O–H groups in total. The van der Waals surface area contributed by atoms with Gasteiger partial charge in [0.1, 0.15) is 6.17 Å². The number of ether oxygens (including phenoxy) is 2. The largest absolute Gasteiger partial charge is 0.454 e. The number of likely N-dealkylation sites (N-methyl/N-ethyl adjacent to an activating group) is 1. The SMILES string of the molecule is CC(=O)C1=NN(c2ccccc2)C(c2ccc3c(c2)OCO3)NN1C. The fraction of sp³-hybridized carbons (Fsp3) is 0.222. The number of hydrogen-bond donors (Lipinski definition) is 1. The van der Waals surface area contributed by atoms with Crippen LogP contribution < -0.4 is 19.9 Å². The zero-order valence-electron chi connectivity index (χ0n) is 14.0. The highest BCUT2D eigenvalue weighted by Crippen LogP contribution is 2.36. The van der Waals surface area contributed by atoms with Crippen LogP contribution in [0.4, 0.5) is 5.69 Å². The summed E-state index contributed by atoms with van der Waals surface area (Å²) in [6.07, 6.45) is -0.287. The van der Waals surface area contributed by atoms with Crippen LogP contribution in [0.25, 0.3) is 0 Å². The Bertz CT molecular complexity index is 837. The first-order valence-electron chi connectivity index (χ1n) is 7.97. The van der Waals surface area contributed by atoms with Gasteiger partial charge in [-0.2, -0.15) is 0 Å². The molecule has 0 aliphatic carbocycles. The van der Waals surface area contributed by atoms with E-state index in [4.69, 9.17) is 9.47 Å². The summed E-state index contributed by atoms with van der Waals surface area (Å²) in [6, 6.07) is 15.5. The third kappa shape index (κ3) is 2.78. The maximum absolute atomic E-state index is 11.9. The van der Waals surface area contributed by atoms with Gasteiger partial charge in [-0.3, -0.25) is 9.80 Å². The molecule has 0 saturated heterocycles. The highest BCUT2D eigenvalue weighted by Gasteiger charge is 2.31. The lowest BCUT2D eigenvalue weighted by Crippen LogP contribution is -2.54. The summed E-state index contributed by atoms with van der Waals surface area (Å²) in [5.74, 6) is 1.67. The molecule has 1 atom stereocenters. The average molecular weight is 338 g/mol. The van der Waals surface area contributed by atoms with E-state index in [-0.39, 0.29) is 18.7 Å². The predicted molar refractivity (Wildman–Crippen MR) is 93.2 cm³/mol. The van der Waals surface area contributed by atoms with Crippen LogP contribution in [-0.4, -0.2) is 30.5 Å². The third-order valence-corrected chi connectivity index (χ3v) is 4.13. The Labute approximate surface area is 145 Å². The van der Waals surface area contributed by atoms with Crippen LogP contribution in [0.5, 0.6) is 11.5 Å². The average Bonchev–Trinajstić information content (AvgIpc) is 3.09. The van der Waals surface area contributed by atoms with Crippen molar-refractivity contribution in [1.29, 1.82) is 0 Å². The van der Waals surface area contributed by atoms with Crippen LogP contribution in [0.1, 0.15) is 18.7 Å². The van der Waals surface area contributed by atoms with E-state index in [9.17, 15) is 4.79 Å². The molecule has 2 aromatic rings. The predicted octanol–water partition coefficient (Wildman–Crippen LogP) is 2.27. The number of anilines is 1. The van der Waals surface area contributed by atoms with Crippen molar-refractivity contribution in [1.82, 2.24) is 10.4 Å². The molecule has 2 aliphatic heterocycles. The molecule has 7 nitrogen and oxygen atoms in total. The number of hydrogen-bond acceptors (Lipinski definition) is 7. The van der Waals surface area contributed by atoms with Gasteiger partial charge in [-0.05, 0) is 29.8 Å². The van der Waals surface area contributed by atoms with Gasteiger partial charge < -0.3 is 9.47 Å². The zero-order chi connectivity index (χ0) is 17.4. The van der Waals surface area contributed by atoms with E-state index >= 15 is 0 Å². The number of para-hydroxylation sites is 1. The second kappa shape index (κ2) is 6.10. The van der Waals surface area contributed by atoms with E-state index in [0.717, 1.165) is 17.0 Å². The minimum atomic E-state index is -0.287. The Kier molecular flexibility index (Phi) is 3.77. The van der Waals surface area contributed by atoms with Crippen molar-refractivity contribution in [3.63, 3.8) is 0 Å². The molecule has 0 radical (unpaired) electrons. The van der Waals surface area contributed by atoms with Gasteiger partial charge in [0, 0.05) is 14.0 Å². The van der Waals surface area contributed by atoms with E-state index in [2.05, 4.69) is 10.5 Å². The Morgan fingerprint density at radius 2 is 1.92 bits per heavy atom.